The molecule has 2 aliphatic carbocycles. The lowest BCUT2D eigenvalue weighted by Gasteiger charge is -2.22. The number of fused-ring (bicyclic) bond motifs is 2. The van der Waals surface area contributed by atoms with Gasteiger partial charge in [-0.25, -0.2) is 4.79 Å². The summed E-state index contributed by atoms with van der Waals surface area (Å²) in [6.45, 7) is 2.57. The summed E-state index contributed by atoms with van der Waals surface area (Å²) in [5.41, 5.74) is 1.23. The molecule has 2 bridgehead atoms. The zero-order valence-electron chi connectivity index (χ0n) is 11.3. The first-order valence-corrected chi connectivity index (χ1v) is 7.10. The molecule has 0 aliphatic heterocycles. The third kappa shape index (κ3) is 2.46. The third-order valence-electron chi connectivity index (χ3n) is 4.70. The molecular weight excluding hydrogens is 240 g/mol. The van der Waals surface area contributed by atoms with Gasteiger partial charge in [0.1, 0.15) is 11.3 Å². The fourth-order valence-electron chi connectivity index (χ4n) is 3.71. The van der Waals surface area contributed by atoms with Crippen molar-refractivity contribution in [1.29, 1.82) is 0 Å². The highest BCUT2D eigenvalue weighted by molar-refractivity contribution is 5.91. The lowest BCUT2D eigenvalue weighted by atomic mass is 9.89. The predicted octanol–water partition coefficient (Wildman–Crippen LogP) is 3.51. The van der Waals surface area contributed by atoms with E-state index >= 15 is 0 Å². The van der Waals surface area contributed by atoms with Crippen LogP contribution < -0.4 is 4.74 Å². The quantitative estimate of drug-likeness (QED) is 0.901. The molecule has 0 aromatic heterocycles. The van der Waals surface area contributed by atoms with Gasteiger partial charge in [-0.2, -0.15) is 0 Å². The van der Waals surface area contributed by atoms with E-state index in [0.29, 0.717) is 18.3 Å². The predicted molar refractivity (Wildman–Crippen MR) is 72.6 cm³/mol. The second kappa shape index (κ2) is 4.87. The second-order valence-electron chi connectivity index (χ2n) is 6.05. The van der Waals surface area contributed by atoms with Crippen molar-refractivity contribution in [3.05, 3.63) is 29.3 Å². The Balaban J connectivity index is 1.68. The molecule has 0 heterocycles. The van der Waals surface area contributed by atoms with Crippen LogP contribution in [0.15, 0.2) is 18.2 Å². The monoisotopic (exact) mass is 260 g/mol. The molecule has 19 heavy (non-hydrogen) atoms. The van der Waals surface area contributed by atoms with Gasteiger partial charge in [-0.15, -0.1) is 0 Å². The molecule has 1 aromatic carbocycles. The first kappa shape index (κ1) is 12.5. The Hall–Kier alpha value is -1.51. The van der Waals surface area contributed by atoms with Crippen LogP contribution in [0.25, 0.3) is 0 Å². The van der Waals surface area contributed by atoms with Crippen molar-refractivity contribution in [3.63, 3.8) is 0 Å². The Morgan fingerprint density at radius 2 is 2.21 bits per heavy atom. The molecule has 2 aliphatic rings. The first-order chi connectivity index (χ1) is 9.13. The standard InChI is InChI=1S/C16H20O3/c1-10-2-5-15(14(6-10)16(17)18)19-9-13-8-11-3-4-12(13)7-11/h2,5-6,11-13H,3-4,7-9H2,1H3,(H,17,18). The number of aryl methyl sites for hydroxylation is 1. The minimum atomic E-state index is -0.911. The van der Waals surface area contributed by atoms with Crippen molar-refractivity contribution in [1.82, 2.24) is 0 Å². The largest absolute Gasteiger partial charge is 0.492 e. The van der Waals surface area contributed by atoms with Crippen molar-refractivity contribution in [2.45, 2.75) is 32.6 Å². The summed E-state index contributed by atoms with van der Waals surface area (Å²) in [5, 5.41) is 9.21. The number of ether oxygens (including phenoxy) is 1. The molecule has 3 heteroatoms. The fraction of sp³-hybridized carbons (Fsp3) is 0.562. The molecule has 0 amide bonds. The Kier molecular flexibility index (Phi) is 3.21. The van der Waals surface area contributed by atoms with Gasteiger partial charge >= 0.3 is 5.97 Å². The molecule has 3 unspecified atom stereocenters. The van der Waals surface area contributed by atoms with E-state index in [-0.39, 0.29) is 5.56 Å². The van der Waals surface area contributed by atoms with Crippen LogP contribution in [-0.2, 0) is 0 Å². The van der Waals surface area contributed by atoms with Gasteiger partial charge in [0, 0.05) is 0 Å². The molecule has 0 saturated heterocycles. The number of hydrogen-bond donors (Lipinski definition) is 1. The minimum absolute atomic E-state index is 0.281. The number of carbonyl (C=O) groups is 1. The summed E-state index contributed by atoms with van der Waals surface area (Å²) in [6, 6.07) is 5.37. The molecule has 102 valence electrons. The second-order valence-corrected chi connectivity index (χ2v) is 6.05. The van der Waals surface area contributed by atoms with Gasteiger partial charge in [-0.05, 0) is 56.1 Å². The maximum atomic E-state index is 11.2. The average molecular weight is 260 g/mol. The van der Waals surface area contributed by atoms with E-state index in [9.17, 15) is 9.90 Å². The van der Waals surface area contributed by atoms with Gasteiger partial charge < -0.3 is 9.84 Å². The van der Waals surface area contributed by atoms with Crippen molar-refractivity contribution in [2.24, 2.45) is 17.8 Å². The van der Waals surface area contributed by atoms with Crippen molar-refractivity contribution in [2.75, 3.05) is 6.61 Å². The normalized spacial score (nSPS) is 28.6. The molecule has 2 fully saturated rings. The van der Waals surface area contributed by atoms with Crippen LogP contribution in [0.4, 0.5) is 0 Å². The molecule has 1 aromatic rings. The smallest absolute Gasteiger partial charge is 0.339 e. The summed E-state index contributed by atoms with van der Waals surface area (Å²) in [7, 11) is 0. The molecule has 3 nitrogen and oxygen atoms in total. The van der Waals surface area contributed by atoms with Crippen LogP contribution in [0.1, 0.15) is 41.6 Å². The summed E-state index contributed by atoms with van der Waals surface area (Å²) in [4.78, 5) is 11.2. The van der Waals surface area contributed by atoms with E-state index in [1.165, 1.54) is 25.7 Å². The maximum Gasteiger partial charge on any atom is 0.339 e. The lowest BCUT2D eigenvalue weighted by molar-refractivity contribution is 0.0690. The number of benzene rings is 1. The summed E-state index contributed by atoms with van der Waals surface area (Å²) in [5.74, 6) is 1.94. The van der Waals surface area contributed by atoms with Crippen LogP contribution in [0.2, 0.25) is 0 Å². The average Bonchev–Trinajstić information content (AvgIpc) is 2.99. The van der Waals surface area contributed by atoms with Gasteiger partial charge in [-0.3, -0.25) is 0 Å². The van der Waals surface area contributed by atoms with E-state index in [2.05, 4.69) is 0 Å². The maximum absolute atomic E-state index is 11.2. The van der Waals surface area contributed by atoms with Crippen molar-refractivity contribution >= 4 is 5.97 Å². The topological polar surface area (TPSA) is 46.5 Å². The van der Waals surface area contributed by atoms with Gasteiger partial charge in [0.15, 0.2) is 0 Å². The summed E-state index contributed by atoms with van der Waals surface area (Å²) >= 11 is 0. The van der Waals surface area contributed by atoms with Crippen molar-refractivity contribution < 1.29 is 14.6 Å². The van der Waals surface area contributed by atoms with E-state index < -0.39 is 5.97 Å². The highest BCUT2D eigenvalue weighted by atomic mass is 16.5. The number of carboxylic acid groups (broad SMARTS) is 1. The van der Waals surface area contributed by atoms with E-state index in [4.69, 9.17) is 4.74 Å². The Labute approximate surface area is 113 Å². The van der Waals surface area contributed by atoms with Crippen LogP contribution in [-0.4, -0.2) is 17.7 Å². The number of carboxylic acids is 1. The first-order valence-electron chi connectivity index (χ1n) is 7.10. The Morgan fingerprint density at radius 1 is 1.37 bits per heavy atom. The number of hydrogen-bond acceptors (Lipinski definition) is 2. The molecule has 3 rings (SSSR count). The van der Waals surface area contributed by atoms with E-state index in [1.807, 2.05) is 13.0 Å². The zero-order valence-corrected chi connectivity index (χ0v) is 11.3. The highest BCUT2D eigenvalue weighted by Crippen LogP contribution is 2.48. The number of rotatable bonds is 4. The molecule has 2 saturated carbocycles. The lowest BCUT2D eigenvalue weighted by Crippen LogP contribution is -2.19. The van der Waals surface area contributed by atoms with E-state index in [0.717, 1.165) is 17.4 Å². The molecule has 3 atom stereocenters. The Morgan fingerprint density at radius 3 is 2.84 bits per heavy atom. The van der Waals surface area contributed by atoms with Crippen LogP contribution in [0.5, 0.6) is 5.75 Å². The summed E-state index contributed by atoms with van der Waals surface area (Å²) in [6.07, 6.45) is 5.33. The molecular formula is C16H20O3. The highest BCUT2D eigenvalue weighted by Gasteiger charge is 2.39. The van der Waals surface area contributed by atoms with Gasteiger partial charge in [-0.1, -0.05) is 18.1 Å². The SMILES string of the molecule is Cc1ccc(OCC2CC3CCC2C3)c(C(=O)O)c1. The van der Waals surface area contributed by atoms with E-state index in [1.54, 1.807) is 12.1 Å². The molecule has 0 spiro atoms. The summed E-state index contributed by atoms with van der Waals surface area (Å²) < 4.78 is 5.81. The number of aromatic carboxylic acids is 1. The Bertz CT molecular complexity index is 495. The van der Waals surface area contributed by atoms with Crippen LogP contribution in [0, 0.1) is 24.7 Å². The zero-order chi connectivity index (χ0) is 13.4. The third-order valence-corrected chi connectivity index (χ3v) is 4.70. The van der Waals surface area contributed by atoms with Gasteiger partial charge in [0.2, 0.25) is 0 Å². The molecule has 0 radical (unpaired) electrons. The van der Waals surface area contributed by atoms with Crippen LogP contribution >= 0.6 is 0 Å². The van der Waals surface area contributed by atoms with Gasteiger partial charge in [0.25, 0.3) is 0 Å². The van der Waals surface area contributed by atoms with Crippen LogP contribution in [0.3, 0.4) is 0 Å². The van der Waals surface area contributed by atoms with Gasteiger partial charge in [0.05, 0.1) is 6.61 Å². The minimum Gasteiger partial charge on any atom is -0.492 e. The van der Waals surface area contributed by atoms with Crippen molar-refractivity contribution in [3.8, 4) is 5.75 Å². The fourth-order valence-corrected chi connectivity index (χ4v) is 3.71. The molecule has 1 N–H and O–H groups in total.